The summed E-state index contributed by atoms with van der Waals surface area (Å²) in [5.41, 5.74) is 0.929. The summed E-state index contributed by atoms with van der Waals surface area (Å²) in [6.07, 6.45) is 0.328. The molecule has 0 bridgehead atoms. The van der Waals surface area contributed by atoms with E-state index in [0.717, 1.165) is 11.3 Å². The second-order valence-corrected chi connectivity index (χ2v) is 3.85. The maximum absolute atomic E-state index is 11.4. The Morgan fingerprint density at radius 2 is 2.06 bits per heavy atom. The quantitative estimate of drug-likeness (QED) is 0.855. The van der Waals surface area contributed by atoms with E-state index in [1.807, 2.05) is 24.3 Å². The predicted octanol–water partition coefficient (Wildman–Crippen LogP) is 2.11. The molecule has 0 heterocycles. The maximum Gasteiger partial charge on any atom is 0.224 e. The van der Waals surface area contributed by atoms with Crippen molar-refractivity contribution >= 4 is 17.5 Å². The van der Waals surface area contributed by atoms with Crippen LogP contribution < -0.4 is 10.1 Å². The van der Waals surface area contributed by atoms with Gasteiger partial charge in [0.05, 0.1) is 20.1 Å². The van der Waals surface area contributed by atoms with Crippen molar-refractivity contribution in [1.82, 2.24) is 5.32 Å². The molecule has 0 aliphatic rings. The molecule has 1 amide bonds. The highest BCUT2D eigenvalue weighted by atomic mass is 35.5. The fraction of sp³-hybridized carbons (Fsp3) is 0.250. The molecule has 4 heteroatoms. The van der Waals surface area contributed by atoms with E-state index in [1.165, 1.54) is 0 Å². The Hall–Kier alpha value is -1.48. The smallest absolute Gasteiger partial charge is 0.224 e. The number of carbonyl (C=O) groups is 1. The van der Waals surface area contributed by atoms with Gasteiger partial charge in [-0.1, -0.05) is 30.3 Å². The summed E-state index contributed by atoms with van der Waals surface area (Å²) in [7, 11) is 1.60. The highest BCUT2D eigenvalue weighted by Gasteiger charge is 2.03. The largest absolute Gasteiger partial charge is 0.497 e. The van der Waals surface area contributed by atoms with E-state index in [0.29, 0.717) is 18.0 Å². The molecule has 0 unspecified atom stereocenters. The van der Waals surface area contributed by atoms with Gasteiger partial charge in [-0.05, 0) is 17.7 Å². The molecule has 3 nitrogen and oxygen atoms in total. The van der Waals surface area contributed by atoms with E-state index in [4.69, 9.17) is 16.3 Å². The number of rotatable bonds is 5. The minimum Gasteiger partial charge on any atom is -0.497 e. The van der Waals surface area contributed by atoms with Crippen LogP contribution in [0.25, 0.3) is 0 Å². The lowest BCUT2D eigenvalue weighted by Crippen LogP contribution is -2.26. The molecule has 0 aliphatic carbocycles. The molecule has 0 saturated heterocycles. The normalized spacial score (nSPS) is 9.62. The first-order valence-electron chi connectivity index (χ1n) is 4.84. The average Bonchev–Trinajstić information content (AvgIpc) is 2.27. The number of benzene rings is 1. The van der Waals surface area contributed by atoms with Crippen LogP contribution >= 0.6 is 11.6 Å². The van der Waals surface area contributed by atoms with Crippen LogP contribution in [0.2, 0.25) is 0 Å². The van der Waals surface area contributed by atoms with Gasteiger partial charge in [-0.3, -0.25) is 4.79 Å². The summed E-state index contributed by atoms with van der Waals surface area (Å²) in [4.78, 5) is 11.4. The van der Waals surface area contributed by atoms with Crippen molar-refractivity contribution < 1.29 is 9.53 Å². The Morgan fingerprint density at radius 3 is 2.56 bits per heavy atom. The van der Waals surface area contributed by atoms with Crippen LogP contribution in [-0.4, -0.2) is 19.6 Å². The molecule has 1 rings (SSSR count). The first-order valence-corrected chi connectivity index (χ1v) is 5.22. The van der Waals surface area contributed by atoms with Crippen LogP contribution in [0.5, 0.6) is 5.75 Å². The van der Waals surface area contributed by atoms with E-state index in [-0.39, 0.29) is 5.91 Å². The summed E-state index contributed by atoms with van der Waals surface area (Å²) in [6.45, 7) is 3.79. The first kappa shape index (κ1) is 12.6. The van der Waals surface area contributed by atoms with Crippen LogP contribution in [0.1, 0.15) is 5.56 Å². The van der Waals surface area contributed by atoms with Crippen molar-refractivity contribution in [2.75, 3.05) is 13.7 Å². The monoisotopic (exact) mass is 239 g/mol. The van der Waals surface area contributed by atoms with Gasteiger partial charge in [-0.25, -0.2) is 0 Å². The van der Waals surface area contributed by atoms with Crippen LogP contribution in [0, 0.1) is 0 Å². The third kappa shape index (κ3) is 4.36. The molecular weight excluding hydrogens is 226 g/mol. The summed E-state index contributed by atoms with van der Waals surface area (Å²) < 4.78 is 5.02. The molecule has 16 heavy (non-hydrogen) atoms. The first-order chi connectivity index (χ1) is 7.61. The van der Waals surface area contributed by atoms with Gasteiger partial charge in [-0.2, -0.15) is 0 Å². The molecular formula is C12H14ClNO2. The number of ether oxygens (including phenoxy) is 1. The predicted molar refractivity (Wildman–Crippen MR) is 64.7 cm³/mol. The van der Waals surface area contributed by atoms with Gasteiger partial charge in [-0.15, -0.1) is 0 Å². The second kappa shape index (κ2) is 6.18. The highest BCUT2D eigenvalue weighted by molar-refractivity contribution is 6.29. The number of carbonyl (C=O) groups excluding carboxylic acids is 1. The summed E-state index contributed by atoms with van der Waals surface area (Å²) >= 11 is 5.54. The van der Waals surface area contributed by atoms with Crippen molar-refractivity contribution in [2.24, 2.45) is 0 Å². The molecule has 0 spiro atoms. The minimum absolute atomic E-state index is 0.0769. The Kier molecular flexibility index (Phi) is 4.86. The zero-order chi connectivity index (χ0) is 12.0. The second-order valence-electron chi connectivity index (χ2n) is 3.32. The third-order valence-electron chi connectivity index (χ3n) is 2.00. The molecule has 1 aromatic carbocycles. The van der Waals surface area contributed by atoms with Crippen LogP contribution in [0.15, 0.2) is 35.9 Å². The van der Waals surface area contributed by atoms with Crippen LogP contribution in [0.4, 0.5) is 0 Å². The van der Waals surface area contributed by atoms with Crippen molar-refractivity contribution in [3.05, 3.63) is 41.4 Å². The Bertz CT molecular complexity index is 373. The molecule has 1 aromatic rings. The number of amides is 1. The zero-order valence-corrected chi connectivity index (χ0v) is 9.88. The van der Waals surface area contributed by atoms with Gasteiger partial charge < -0.3 is 10.1 Å². The Morgan fingerprint density at radius 1 is 1.44 bits per heavy atom. The molecule has 0 atom stereocenters. The zero-order valence-electron chi connectivity index (χ0n) is 9.13. The minimum atomic E-state index is -0.0769. The Balaban J connectivity index is 2.46. The number of hydrogen-bond donors (Lipinski definition) is 1. The number of methoxy groups -OCH3 is 1. The van der Waals surface area contributed by atoms with Gasteiger partial charge in [0.25, 0.3) is 0 Å². The van der Waals surface area contributed by atoms with E-state index < -0.39 is 0 Å². The fourth-order valence-electron chi connectivity index (χ4n) is 1.19. The van der Waals surface area contributed by atoms with Gasteiger partial charge >= 0.3 is 0 Å². The van der Waals surface area contributed by atoms with E-state index in [1.54, 1.807) is 7.11 Å². The lowest BCUT2D eigenvalue weighted by Gasteiger charge is -2.05. The summed E-state index contributed by atoms with van der Waals surface area (Å²) in [6, 6.07) is 7.36. The van der Waals surface area contributed by atoms with Gasteiger partial charge in [0.15, 0.2) is 0 Å². The average molecular weight is 240 g/mol. The number of hydrogen-bond acceptors (Lipinski definition) is 2. The summed E-state index contributed by atoms with van der Waals surface area (Å²) in [5, 5.41) is 3.08. The molecule has 86 valence electrons. The topological polar surface area (TPSA) is 38.3 Å². The molecule has 1 N–H and O–H groups in total. The van der Waals surface area contributed by atoms with Crippen LogP contribution in [-0.2, 0) is 11.2 Å². The van der Waals surface area contributed by atoms with E-state index >= 15 is 0 Å². The molecule has 0 aromatic heterocycles. The van der Waals surface area contributed by atoms with Gasteiger partial charge in [0.1, 0.15) is 5.75 Å². The summed E-state index contributed by atoms with van der Waals surface area (Å²) in [5.74, 6) is 0.699. The molecule has 0 saturated carbocycles. The van der Waals surface area contributed by atoms with Crippen LogP contribution in [0.3, 0.4) is 0 Å². The molecule has 0 fully saturated rings. The lowest BCUT2D eigenvalue weighted by atomic mass is 10.1. The SMILES string of the molecule is C=C(Cl)CNC(=O)Cc1ccc(OC)cc1. The van der Waals surface area contributed by atoms with Crippen molar-refractivity contribution in [1.29, 1.82) is 0 Å². The Labute approximate surface area is 100 Å². The molecule has 0 radical (unpaired) electrons. The molecule has 0 aliphatic heterocycles. The standard InChI is InChI=1S/C12H14ClNO2/c1-9(13)8-14-12(15)7-10-3-5-11(16-2)6-4-10/h3-6H,1,7-8H2,2H3,(H,14,15). The number of nitrogens with one attached hydrogen (secondary N) is 1. The van der Waals surface area contributed by atoms with Crippen molar-refractivity contribution in [3.63, 3.8) is 0 Å². The fourth-order valence-corrected chi connectivity index (χ4v) is 1.25. The lowest BCUT2D eigenvalue weighted by molar-refractivity contribution is -0.120. The van der Waals surface area contributed by atoms with Gasteiger partial charge in [0.2, 0.25) is 5.91 Å². The van der Waals surface area contributed by atoms with Gasteiger partial charge in [0, 0.05) is 5.03 Å². The number of halogens is 1. The highest BCUT2D eigenvalue weighted by Crippen LogP contribution is 2.11. The third-order valence-corrected chi connectivity index (χ3v) is 2.13. The van der Waals surface area contributed by atoms with Crippen molar-refractivity contribution in [3.8, 4) is 5.75 Å². The van der Waals surface area contributed by atoms with E-state index in [9.17, 15) is 4.79 Å². The maximum atomic E-state index is 11.4. The van der Waals surface area contributed by atoms with E-state index in [2.05, 4.69) is 11.9 Å². The van der Waals surface area contributed by atoms with Crippen molar-refractivity contribution in [2.45, 2.75) is 6.42 Å².